The zero-order valence-electron chi connectivity index (χ0n) is 16.0. The van der Waals surface area contributed by atoms with Crippen LogP contribution in [0.3, 0.4) is 0 Å². The molecule has 0 saturated heterocycles. The maximum Gasteiger partial charge on any atom is 0.148 e. The first kappa shape index (κ1) is 20.4. The average molecular weight is 355 g/mol. The minimum atomic E-state index is 0.844. The van der Waals surface area contributed by atoms with Crippen LogP contribution in [0.2, 0.25) is 0 Å². The molecule has 26 heavy (non-hydrogen) atoms. The second-order valence-corrected chi connectivity index (χ2v) is 6.92. The van der Waals surface area contributed by atoms with E-state index >= 15 is 0 Å². The highest BCUT2D eigenvalue weighted by Crippen LogP contribution is 2.16. The van der Waals surface area contributed by atoms with Crippen molar-refractivity contribution >= 4 is 5.82 Å². The number of unbranched alkanes of at least 4 members (excludes halogenated alkanes) is 9. The Morgan fingerprint density at radius 3 is 1.85 bits per heavy atom. The summed E-state index contributed by atoms with van der Waals surface area (Å²) in [6.07, 6.45) is 13.2. The van der Waals surface area contributed by atoms with Crippen LogP contribution in [0.15, 0.2) is 42.5 Å². The summed E-state index contributed by atoms with van der Waals surface area (Å²) in [6.45, 7) is 1.81. The Morgan fingerprint density at radius 1 is 0.654 bits per heavy atom. The third kappa shape index (κ3) is 8.43. The fraction of sp³-hybridized carbons (Fsp3) is 0.545. The summed E-state index contributed by atoms with van der Waals surface area (Å²) in [4.78, 5) is 0. The van der Waals surface area contributed by atoms with Crippen molar-refractivity contribution in [3.8, 4) is 11.3 Å². The third-order valence-electron chi connectivity index (χ3n) is 4.67. The number of nitrogens with two attached hydrogens (primary N) is 1. The van der Waals surface area contributed by atoms with Crippen LogP contribution in [0, 0.1) is 0 Å². The number of anilines is 1. The SMILES string of the molecule is NCCCCCCCCCCCCNc1ccc(-c2ccccc2)nn1. The molecule has 0 aliphatic carbocycles. The number of benzene rings is 1. The summed E-state index contributed by atoms with van der Waals surface area (Å²) >= 11 is 0. The van der Waals surface area contributed by atoms with E-state index in [4.69, 9.17) is 5.73 Å². The Labute approximate surface area is 158 Å². The number of nitrogens with zero attached hydrogens (tertiary/aromatic N) is 2. The Balaban J connectivity index is 1.47. The lowest BCUT2D eigenvalue weighted by molar-refractivity contribution is 0.556. The van der Waals surface area contributed by atoms with Crippen molar-refractivity contribution in [1.82, 2.24) is 10.2 Å². The van der Waals surface area contributed by atoms with Crippen LogP contribution in [-0.2, 0) is 0 Å². The van der Waals surface area contributed by atoms with Crippen molar-refractivity contribution < 1.29 is 0 Å². The van der Waals surface area contributed by atoms with Gasteiger partial charge in [0.1, 0.15) is 5.82 Å². The minimum absolute atomic E-state index is 0.844. The van der Waals surface area contributed by atoms with Gasteiger partial charge >= 0.3 is 0 Å². The van der Waals surface area contributed by atoms with Gasteiger partial charge in [-0.2, -0.15) is 0 Å². The second-order valence-electron chi connectivity index (χ2n) is 6.92. The molecule has 0 aliphatic heterocycles. The summed E-state index contributed by atoms with van der Waals surface area (Å²) in [5, 5.41) is 12.0. The van der Waals surface area contributed by atoms with Crippen LogP contribution >= 0.6 is 0 Å². The molecule has 4 heteroatoms. The zero-order valence-corrected chi connectivity index (χ0v) is 16.0. The molecule has 0 spiro atoms. The Kier molecular flexibility index (Phi) is 10.4. The quantitative estimate of drug-likeness (QED) is 0.445. The Morgan fingerprint density at radius 2 is 1.27 bits per heavy atom. The monoisotopic (exact) mass is 354 g/mol. The number of hydrogen-bond acceptors (Lipinski definition) is 4. The molecule has 1 heterocycles. The van der Waals surface area contributed by atoms with Gasteiger partial charge in [-0.15, -0.1) is 10.2 Å². The van der Waals surface area contributed by atoms with Crippen molar-refractivity contribution in [2.24, 2.45) is 5.73 Å². The smallest absolute Gasteiger partial charge is 0.148 e. The first-order valence-corrected chi connectivity index (χ1v) is 10.2. The fourth-order valence-electron chi connectivity index (χ4n) is 3.09. The molecular formula is C22H34N4. The van der Waals surface area contributed by atoms with Crippen molar-refractivity contribution in [1.29, 1.82) is 0 Å². The van der Waals surface area contributed by atoms with E-state index in [9.17, 15) is 0 Å². The first-order chi connectivity index (χ1) is 12.9. The van der Waals surface area contributed by atoms with Crippen molar-refractivity contribution in [2.75, 3.05) is 18.4 Å². The van der Waals surface area contributed by atoms with E-state index in [0.717, 1.165) is 30.2 Å². The molecule has 4 nitrogen and oxygen atoms in total. The molecule has 0 unspecified atom stereocenters. The molecule has 1 aromatic carbocycles. The molecule has 1 aromatic heterocycles. The third-order valence-corrected chi connectivity index (χ3v) is 4.67. The van der Waals surface area contributed by atoms with Crippen molar-refractivity contribution in [2.45, 2.75) is 64.2 Å². The maximum atomic E-state index is 5.50. The summed E-state index contributed by atoms with van der Waals surface area (Å²) in [5.74, 6) is 0.863. The first-order valence-electron chi connectivity index (χ1n) is 10.2. The summed E-state index contributed by atoms with van der Waals surface area (Å²) in [6, 6.07) is 14.2. The molecule has 2 aromatic rings. The number of hydrogen-bond donors (Lipinski definition) is 2. The Hall–Kier alpha value is -1.94. The Bertz CT molecular complexity index is 568. The molecule has 0 atom stereocenters. The second kappa shape index (κ2) is 13.3. The van der Waals surface area contributed by atoms with Crippen LogP contribution in [0.25, 0.3) is 11.3 Å². The molecule has 3 N–H and O–H groups in total. The largest absolute Gasteiger partial charge is 0.369 e. The molecule has 0 fully saturated rings. The van der Waals surface area contributed by atoms with Gasteiger partial charge < -0.3 is 11.1 Å². The lowest BCUT2D eigenvalue weighted by Gasteiger charge is -2.06. The lowest BCUT2D eigenvalue weighted by Crippen LogP contribution is -2.04. The summed E-state index contributed by atoms with van der Waals surface area (Å²) < 4.78 is 0. The van der Waals surface area contributed by atoms with Gasteiger partial charge in [0.2, 0.25) is 0 Å². The fourth-order valence-corrected chi connectivity index (χ4v) is 3.09. The highest BCUT2D eigenvalue weighted by molar-refractivity contribution is 5.59. The zero-order chi connectivity index (χ0) is 18.3. The van der Waals surface area contributed by atoms with Gasteiger partial charge in [-0.1, -0.05) is 81.7 Å². The topological polar surface area (TPSA) is 63.8 Å². The standard InChI is InChI=1S/C22H34N4/c23-18-12-7-5-3-1-2-4-6-8-13-19-24-22-17-16-21(25-26-22)20-14-10-9-11-15-20/h9-11,14-17H,1-8,12-13,18-19,23H2,(H,24,26). The van der Waals surface area contributed by atoms with Gasteiger partial charge in [-0.05, 0) is 31.5 Å². The van der Waals surface area contributed by atoms with Gasteiger partial charge in [0, 0.05) is 12.1 Å². The highest BCUT2D eigenvalue weighted by atomic mass is 15.2. The molecular weight excluding hydrogens is 320 g/mol. The summed E-state index contributed by atoms with van der Waals surface area (Å²) in [7, 11) is 0. The van der Waals surface area contributed by atoms with Gasteiger partial charge in [0.05, 0.1) is 5.69 Å². The van der Waals surface area contributed by atoms with Crippen LogP contribution in [0.4, 0.5) is 5.82 Å². The highest BCUT2D eigenvalue weighted by Gasteiger charge is 2.00. The minimum Gasteiger partial charge on any atom is -0.369 e. The maximum absolute atomic E-state index is 5.50. The van der Waals surface area contributed by atoms with Gasteiger partial charge in [-0.25, -0.2) is 0 Å². The molecule has 2 rings (SSSR count). The number of aromatic nitrogens is 2. The van der Waals surface area contributed by atoms with Gasteiger partial charge in [0.25, 0.3) is 0 Å². The van der Waals surface area contributed by atoms with E-state index in [1.807, 2.05) is 30.3 Å². The molecule has 0 amide bonds. The lowest BCUT2D eigenvalue weighted by atomic mass is 10.1. The van der Waals surface area contributed by atoms with Crippen molar-refractivity contribution in [3.63, 3.8) is 0 Å². The predicted octanol–water partition coefficient (Wildman–Crippen LogP) is 5.42. The summed E-state index contributed by atoms with van der Waals surface area (Å²) in [5.41, 5.74) is 7.52. The van der Waals surface area contributed by atoms with E-state index in [1.165, 1.54) is 64.2 Å². The normalized spacial score (nSPS) is 10.8. The molecule has 0 saturated carbocycles. The molecule has 0 aliphatic rings. The van der Waals surface area contributed by atoms with E-state index < -0.39 is 0 Å². The van der Waals surface area contributed by atoms with E-state index in [-0.39, 0.29) is 0 Å². The van der Waals surface area contributed by atoms with Gasteiger partial charge in [-0.3, -0.25) is 0 Å². The van der Waals surface area contributed by atoms with Crippen molar-refractivity contribution in [3.05, 3.63) is 42.5 Å². The average Bonchev–Trinajstić information content (AvgIpc) is 2.70. The molecule has 142 valence electrons. The number of nitrogens with one attached hydrogen (secondary N) is 1. The van der Waals surface area contributed by atoms with E-state index in [2.05, 4.69) is 27.6 Å². The van der Waals surface area contributed by atoms with Gasteiger partial charge in [0.15, 0.2) is 0 Å². The van der Waals surface area contributed by atoms with Crippen LogP contribution < -0.4 is 11.1 Å². The van der Waals surface area contributed by atoms with E-state index in [0.29, 0.717) is 0 Å². The number of rotatable bonds is 14. The van der Waals surface area contributed by atoms with Crippen LogP contribution in [0.1, 0.15) is 64.2 Å². The van der Waals surface area contributed by atoms with E-state index in [1.54, 1.807) is 0 Å². The predicted molar refractivity (Wildman–Crippen MR) is 111 cm³/mol. The van der Waals surface area contributed by atoms with Crippen LogP contribution in [-0.4, -0.2) is 23.3 Å². The molecule has 0 bridgehead atoms. The molecule has 0 radical (unpaired) electrons. The van der Waals surface area contributed by atoms with Crippen LogP contribution in [0.5, 0.6) is 0 Å².